The second-order valence-electron chi connectivity index (χ2n) is 5.64. The summed E-state index contributed by atoms with van der Waals surface area (Å²) in [5, 5.41) is 2.49. The zero-order chi connectivity index (χ0) is 16.9. The molecule has 1 atom stereocenters. The van der Waals surface area contributed by atoms with Gasteiger partial charge in [0.2, 0.25) is 5.91 Å². The van der Waals surface area contributed by atoms with Crippen molar-refractivity contribution in [3.8, 4) is 0 Å². The summed E-state index contributed by atoms with van der Waals surface area (Å²) >= 11 is 0. The summed E-state index contributed by atoms with van der Waals surface area (Å²) in [7, 11) is -3.50. The smallest absolute Gasteiger partial charge is 0.235 e. The molecule has 0 spiro atoms. The minimum atomic E-state index is -3.50. The molecule has 1 amide bonds. The Balaban J connectivity index is 2.80. The first-order valence-corrected chi connectivity index (χ1v) is 8.91. The zero-order valence-electron chi connectivity index (χ0n) is 12.9. The average Bonchev–Trinajstić information content (AvgIpc) is 2.34. The molecule has 4 nitrogen and oxygen atoms in total. The molecule has 22 heavy (non-hydrogen) atoms. The highest BCUT2D eigenvalue weighted by Crippen LogP contribution is 2.21. The monoisotopic (exact) mass is 333 g/mol. The van der Waals surface area contributed by atoms with Gasteiger partial charge in [0.05, 0.1) is 11.8 Å². The lowest BCUT2D eigenvalue weighted by atomic mass is 10.0. The summed E-state index contributed by atoms with van der Waals surface area (Å²) in [5.41, 5.74) is 0.138. The van der Waals surface area contributed by atoms with Crippen molar-refractivity contribution >= 4 is 15.7 Å². The number of carbonyl (C=O) groups excluding carboxylic acids is 1. The SMILES string of the molecule is CCC(NC(=O)CS(=O)(=O)CC(C)C)c1ccc(F)cc1F. The van der Waals surface area contributed by atoms with E-state index in [1.54, 1.807) is 20.8 Å². The van der Waals surface area contributed by atoms with Gasteiger partial charge in [-0.05, 0) is 18.4 Å². The van der Waals surface area contributed by atoms with E-state index < -0.39 is 39.2 Å². The van der Waals surface area contributed by atoms with Crippen LogP contribution in [0.5, 0.6) is 0 Å². The predicted molar refractivity (Wildman–Crippen MR) is 81.0 cm³/mol. The largest absolute Gasteiger partial charge is 0.348 e. The van der Waals surface area contributed by atoms with Crippen molar-refractivity contribution in [2.75, 3.05) is 11.5 Å². The van der Waals surface area contributed by atoms with E-state index >= 15 is 0 Å². The Morgan fingerprint density at radius 2 is 1.91 bits per heavy atom. The van der Waals surface area contributed by atoms with Crippen molar-refractivity contribution < 1.29 is 22.0 Å². The lowest BCUT2D eigenvalue weighted by Gasteiger charge is -2.18. The zero-order valence-corrected chi connectivity index (χ0v) is 13.7. The molecular weight excluding hydrogens is 312 g/mol. The van der Waals surface area contributed by atoms with Crippen LogP contribution in [0.15, 0.2) is 18.2 Å². The number of benzene rings is 1. The summed E-state index contributed by atoms with van der Waals surface area (Å²) in [6.45, 7) is 5.22. The molecule has 1 rings (SSSR count). The summed E-state index contributed by atoms with van der Waals surface area (Å²) in [4.78, 5) is 11.9. The van der Waals surface area contributed by atoms with Crippen molar-refractivity contribution in [3.05, 3.63) is 35.4 Å². The van der Waals surface area contributed by atoms with Crippen LogP contribution in [0.1, 0.15) is 38.8 Å². The molecule has 0 heterocycles. The summed E-state index contributed by atoms with van der Waals surface area (Å²) in [6.07, 6.45) is 0.360. The number of nitrogens with one attached hydrogen (secondary N) is 1. The number of carbonyl (C=O) groups is 1. The molecule has 1 aromatic carbocycles. The molecule has 0 aliphatic rings. The molecule has 0 saturated carbocycles. The second kappa shape index (κ2) is 7.67. The Hall–Kier alpha value is -1.50. The Kier molecular flexibility index (Phi) is 6.47. The molecule has 7 heteroatoms. The van der Waals surface area contributed by atoms with Crippen LogP contribution < -0.4 is 5.32 Å². The molecule has 0 fully saturated rings. The number of hydrogen-bond donors (Lipinski definition) is 1. The summed E-state index contributed by atoms with van der Waals surface area (Å²) in [5.74, 6) is -2.95. The highest BCUT2D eigenvalue weighted by atomic mass is 32.2. The predicted octanol–water partition coefficient (Wildman–Crippen LogP) is 2.60. The minimum Gasteiger partial charge on any atom is -0.348 e. The average molecular weight is 333 g/mol. The fraction of sp³-hybridized carbons (Fsp3) is 0.533. The van der Waals surface area contributed by atoms with E-state index in [0.717, 1.165) is 12.1 Å². The van der Waals surface area contributed by atoms with E-state index in [9.17, 15) is 22.0 Å². The molecule has 1 unspecified atom stereocenters. The van der Waals surface area contributed by atoms with Gasteiger partial charge in [-0.2, -0.15) is 0 Å². The van der Waals surface area contributed by atoms with Gasteiger partial charge in [0.15, 0.2) is 9.84 Å². The van der Waals surface area contributed by atoms with Crippen LogP contribution in [-0.2, 0) is 14.6 Å². The quantitative estimate of drug-likeness (QED) is 0.834. The van der Waals surface area contributed by atoms with Gasteiger partial charge in [-0.3, -0.25) is 4.79 Å². The molecule has 0 saturated heterocycles. The van der Waals surface area contributed by atoms with Crippen molar-refractivity contribution in [2.45, 2.75) is 33.2 Å². The van der Waals surface area contributed by atoms with Crippen molar-refractivity contribution in [2.24, 2.45) is 5.92 Å². The van der Waals surface area contributed by atoms with Crippen molar-refractivity contribution in [1.82, 2.24) is 5.32 Å². The lowest BCUT2D eigenvalue weighted by Crippen LogP contribution is -2.35. The molecular formula is C15H21F2NO3S. The van der Waals surface area contributed by atoms with Gasteiger partial charge in [-0.25, -0.2) is 17.2 Å². The van der Waals surface area contributed by atoms with Crippen LogP contribution in [0.3, 0.4) is 0 Å². The maximum absolute atomic E-state index is 13.7. The number of hydrogen-bond acceptors (Lipinski definition) is 3. The maximum Gasteiger partial charge on any atom is 0.235 e. The van der Waals surface area contributed by atoms with E-state index in [1.165, 1.54) is 6.07 Å². The van der Waals surface area contributed by atoms with E-state index in [0.29, 0.717) is 6.42 Å². The number of halogens is 2. The number of rotatable bonds is 7. The fourth-order valence-electron chi connectivity index (χ4n) is 2.19. The van der Waals surface area contributed by atoms with Crippen LogP contribution in [0, 0.1) is 17.6 Å². The first-order valence-electron chi connectivity index (χ1n) is 7.09. The van der Waals surface area contributed by atoms with Gasteiger partial charge in [0.1, 0.15) is 17.4 Å². The van der Waals surface area contributed by atoms with E-state index in [-0.39, 0.29) is 17.2 Å². The normalized spacial score (nSPS) is 13.2. The van der Waals surface area contributed by atoms with Gasteiger partial charge >= 0.3 is 0 Å². The van der Waals surface area contributed by atoms with Crippen LogP contribution in [0.4, 0.5) is 8.78 Å². The second-order valence-corrected chi connectivity index (χ2v) is 7.75. The van der Waals surface area contributed by atoms with Gasteiger partial charge in [0, 0.05) is 11.6 Å². The minimum absolute atomic E-state index is 0.0747. The number of sulfone groups is 1. The molecule has 0 aromatic heterocycles. The van der Waals surface area contributed by atoms with Crippen LogP contribution in [-0.4, -0.2) is 25.8 Å². The van der Waals surface area contributed by atoms with Gasteiger partial charge < -0.3 is 5.32 Å². The first-order chi connectivity index (χ1) is 10.1. The van der Waals surface area contributed by atoms with E-state index in [4.69, 9.17) is 0 Å². The standard InChI is InChI=1S/C15H21F2NO3S/c1-4-14(12-6-5-11(16)7-13(12)17)18-15(19)9-22(20,21)8-10(2)3/h5-7,10,14H,4,8-9H2,1-3H3,(H,18,19). The van der Waals surface area contributed by atoms with Gasteiger partial charge in [-0.1, -0.05) is 26.8 Å². The first kappa shape index (κ1) is 18.5. The molecule has 0 radical (unpaired) electrons. The van der Waals surface area contributed by atoms with Crippen LogP contribution in [0.25, 0.3) is 0 Å². The summed E-state index contributed by atoms with van der Waals surface area (Å²) in [6, 6.07) is 2.40. The molecule has 1 N–H and O–H groups in total. The Morgan fingerprint density at radius 3 is 2.41 bits per heavy atom. The van der Waals surface area contributed by atoms with Gasteiger partial charge in [-0.15, -0.1) is 0 Å². The van der Waals surface area contributed by atoms with E-state index in [2.05, 4.69) is 5.32 Å². The van der Waals surface area contributed by atoms with Crippen molar-refractivity contribution in [1.29, 1.82) is 0 Å². The topological polar surface area (TPSA) is 63.2 Å². The molecule has 0 aliphatic carbocycles. The van der Waals surface area contributed by atoms with Gasteiger partial charge in [0.25, 0.3) is 0 Å². The lowest BCUT2D eigenvalue weighted by molar-refractivity contribution is -0.119. The molecule has 0 aliphatic heterocycles. The number of amides is 1. The Bertz CT molecular complexity index is 630. The van der Waals surface area contributed by atoms with E-state index in [1.807, 2.05) is 0 Å². The third-order valence-corrected chi connectivity index (χ3v) is 4.90. The third-order valence-electron chi connectivity index (χ3n) is 3.02. The highest BCUT2D eigenvalue weighted by Gasteiger charge is 2.22. The van der Waals surface area contributed by atoms with Crippen molar-refractivity contribution in [3.63, 3.8) is 0 Å². The molecule has 0 bridgehead atoms. The fourth-order valence-corrected chi connectivity index (χ4v) is 3.80. The Labute approximate surface area is 129 Å². The molecule has 124 valence electrons. The highest BCUT2D eigenvalue weighted by molar-refractivity contribution is 7.92. The summed E-state index contributed by atoms with van der Waals surface area (Å²) < 4.78 is 50.2. The van der Waals surface area contributed by atoms with Crippen LogP contribution in [0.2, 0.25) is 0 Å². The molecule has 1 aromatic rings. The third kappa shape index (κ3) is 5.71. The maximum atomic E-state index is 13.7. The Morgan fingerprint density at radius 1 is 1.27 bits per heavy atom. The van der Waals surface area contributed by atoms with Crippen LogP contribution >= 0.6 is 0 Å².